The highest BCUT2D eigenvalue weighted by atomic mass is 32.1. The van der Waals surface area contributed by atoms with Crippen molar-refractivity contribution in [3.63, 3.8) is 0 Å². The molecule has 31 heavy (non-hydrogen) atoms. The van der Waals surface area contributed by atoms with Crippen molar-refractivity contribution in [2.45, 2.75) is 25.6 Å². The first kappa shape index (κ1) is 23.4. The van der Waals surface area contributed by atoms with Crippen LogP contribution in [0.25, 0.3) is 0 Å². The molecule has 0 amide bonds. The van der Waals surface area contributed by atoms with Crippen molar-refractivity contribution < 1.29 is 27.8 Å². The zero-order valence-electron chi connectivity index (χ0n) is 17.1. The minimum atomic E-state index is -5.08. The van der Waals surface area contributed by atoms with Gasteiger partial charge < -0.3 is 14.7 Å². The van der Waals surface area contributed by atoms with Gasteiger partial charge in [-0.25, -0.2) is 4.79 Å². The molecule has 1 atom stereocenters. The molecule has 0 aliphatic carbocycles. The van der Waals surface area contributed by atoms with E-state index in [9.17, 15) is 13.2 Å². The van der Waals surface area contributed by atoms with E-state index in [1.54, 1.807) is 11.3 Å². The molecule has 0 radical (unpaired) electrons. The van der Waals surface area contributed by atoms with Crippen LogP contribution in [0.2, 0.25) is 0 Å². The normalized spacial score (nSPS) is 22.6. The number of nitrogens with zero attached hydrogens (tertiary/aromatic N) is 6. The van der Waals surface area contributed by atoms with Gasteiger partial charge in [0.15, 0.2) is 0 Å². The van der Waals surface area contributed by atoms with Gasteiger partial charge in [0.1, 0.15) is 5.51 Å². The first-order valence-electron chi connectivity index (χ1n) is 9.76. The summed E-state index contributed by atoms with van der Waals surface area (Å²) in [6.07, 6.45) is 1.43. The predicted octanol–water partition coefficient (Wildman–Crippen LogP) is 2.02. The average molecular weight is 462 g/mol. The smallest absolute Gasteiger partial charge is 0.475 e. The van der Waals surface area contributed by atoms with Gasteiger partial charge in [0.05, 0.1) is 19.4 Å². The van der Waals surface area contributed by atoms with Crippen LogP contribution in [0.5, 0.6) is 0 Å². The van der Waals surface area contributed by atoms with E-state index in [0.29, 0.717) is 0 Å². The van der Waals surface area contributed by atoms with E-state index >= 15 is 0 Å². The molecule has 2 saturated heterocycles. The summed E-state index contributed by atoms with van der Waals surface area (Å²) in [5, 5.41) is 20.7. The Hall–Kier alpha value is -2.25. The van der Waals surface area contributed by atoms with E-state index in [2.05, 4.69) is 31.3 Å². The number of carbonyl (C=O) groups is 1. The van der Waals surface area contributed by atoms with Gasteiger partial charge >= 0.3 is 12.1 Å². The number of carboxylic acids is 1. The van der Waals surface area contributed by atoms with Crippen molar-refractivity contribution in [2.24, 2.45) is 12.5 Å². The SMILES string of the molecule is Cn1cc(CN2CCCC3(COCCN(c4nncs4)C3)C2)cn1.O=C(O)C(F)(F)F. The number of hydrogen-bond acceptors (Lipinski definition) is 8. The second-order valence-electron chi connectivity index (χ2n) is 7.83. The Morgan fingerprint density at radius 3 is 2.74 bits per heavy atom. The number of rotatable bonds is 3. The lowest BCUT2D eigenvalue weighted by atomic mass is 9.80. The molecule has 1 N–H and O–H groups in total. The van der Waals surface area contributed by atoms with Gasteiger partial charge in [-0.1, -0.05) is 11.3 Å². The Labute approximate surface area is 181 Å². The lowest BCUT2D eigenvalue weighted by Gasteiger charge is -2.43. The van der Waals surface area contributed by atoms with Crippen LogP contribution in [0.3, 0.4) is 0 Å². The first-order chi connectivity index (χ1) is 14.7. The van der Waals surface area contributed by atoms with Crippen LogP contribution in [0.4, 0.5) is 18.3 Å². The van der Waals surface area contributed by atoms with E-state index in [1.165, 1.54) is 18.4 Å². The molecule has 0 saturated carbocycles. The van der Waals surface area contributed by atoms with Crippen molar-refractivity contribution >= 4 is 22.4 Å². The highest BCUT2D eigenvalue weighted by Crippen LogP contribution is 2.35. The van der Waals surface area contributed by atoms with Crippen LogP contribution in [0.15, 0.2) is 17.9 Å². The number of ether oxygens (including phenoxy) is 1. The molecule has 0 aromatic carbocycles. The molecule has 1 unspecified atom stereocenters. The summed E-state index contributed by atoms with van der Waals surface area (Å²) in [7, 11) is 1.97. The second-order valence-corrected chi connectivity index (χ2v) is 8.65. The highest BCUT2D eigenvalue weighted by Gasteiger charge is 2.40. The molecule has 2 aliphatic heterocycles. The Bertz CT molecular complexity index is 847. The number of alkyl halides is 3. The molecule has 2 fully saturated rings. The first-order valence-corrected chi connectivity index (χ1v) is 10.6. The number of carboxylic acid groups (broad SMARTS) is 1. The van der Waals surface area contributed by atoms with E-state index < -0.39 is 12.1 Å². The molecule has 0 bridgehead atoms. The third-order valence-corrected chi connectivity index (χ3v) is 5.96. The third kappa shape index (κ3) is 6.61. The lowest BCUT2D eigenvalue weighted by molar-refractivity contribution is -0.192. The van der Waals surface area contributed by atoms with Gasteiger partial charge in [0.2, 0.25) is 5.13 Å². The summed E-state index contributed by atoms with van der Waals surface area (Å²) in [6, 6.07) is 0. The number of likely N-dealkylation sites (tertiary alicyclic amines) is 1. The van der Waals surface area contributed by atoms with Crippen molar-refractivity contribution in [2.75, 3.05) is 44.3 Å². The summed E-state index contributed by atoms with van der Waals surface area (Å²) in [5.41, 5.74) is 3.27. The maximum atomic E-state index is 10.6. The molecule has 1 spiro atoms. The van der Waals surface area contributed by atoms with Crippen molar-refractivity contribution in [3.8, 4) is 0 Å². The zero-order valence-corrected chi connectivity index (χ0v) is 17.9. The van der Waals surface area contributed by atoms with Gasteiger partial charge in [-0.05, 0) is 19.4 Å². The molecule has 2 aromatic heterocycles. The van der Waals surface area contributed by atoms with Crippen LogP contribution < -0.4 is 4.90 Å². The van der Waals surface area contributed by atoms with Crippen LogP contribution in [-0.4, -0.2) is 81.5 Å². The minimum Gasteiger partial charge on any atom is -0.475 e. The number of anilines is 1. The molecule has 2 aromatic rings. The minimum absolute atomic E-state index is 0.183. The largest absolute Gasteiger partial charge is 0.490 e. The van der Waals surface area contributed by atoms with Crippen molar-refractivity contribution in [1.82, 2.24) is 24.9 Å². The number of aryl methyl sites for hydroxylation is 1. The Balaban J connectivity index is 0.000000339. The van der Waals surface area contributed by atoms with Gasteiger partial charge in [-0.2, -0.15) is 18.3 Å². The third-order valence-electron chi connectivity index (χ3n) is 5.21. The quantitative estimate of drug-likeness (QED) is 0.740. The van der Waals surface area contributed by atoms with E-state index in [1.807, 2.05) is 23.4 Å². The molecule has 4 heterocycles. The van der Waals surface area contributed by atoms with Gasteiger partial charge in [0, 0.05) is 50.4 Å². The van der Waals surface area contributed by atoms with E-state index in [-0.39, 0.29) is 5.41 Å². The number of aliphatic carboxylic acids is 1. The number of halogens is 3. The van der Waals surface area contributed by atoms with E-state index in [4.69, 9.17) is 14.6 Å². The monoisotopic (exact) mass is 462 g/mol. The van der Waals surface area contributed by atoms with Crippen LogP contribution >= 0.6 is 11.3 Å². The maximum absolute atomic E-state index is 10.6. The maximum Gasteiger partial charge on any atom is 0.490 e. The Kier molecular flexibility index (Phi) is 7.49. The zero-order chi connectivity index (χ0) is 22.5. The molecule has 13 heteroatoms. The number of aromatic nitrogens is 4. The average Bonchev–Trinajstić information content (AvgIpc) is 3.32. The van der Waals surface area contributed by atoms with Gasteiger partial charge in [-0.15, -0.1) is 10.2 Å². The summed E-state index contributed by atoms with van der Waals surface area (Å²) < 4.78 is 39.6. The Morgan fingerprint density at radius 2 is 2.13 bits per heavy atom. The summed E-state index contributed by atoms with van der Waals surface area (Å²) in [4.78, 5) is 13.8. The molecule has 2 aliphatic rings. The van der Waals surface area contributed by atoms with Crippen molar-refractivity contribution in [3.05, 3.63) is 23.5 Å². The second kappa shape index (κ2) is 9.92. The van der Waals surface area contributed by atoms with Crippen LogP contribution in [-0.2, 0) is 23.1 Å². The number of hydrogen-bond donors (Lipinski definition) is 1. The number of piperidine rings is 1. The van der Waals surface area contributed by atoms with Gasteiger partial charge in [0.25, 0.3) is 0 Å². The van der Waals surface area contributed by atoms with Crippen molar-refractivity contribution in [1.29, 1.82) is 0 Å². The molecule has 9 nitrogen and oxygen atoms in total. The lowest BCUT2D eigenvalue weighted by Crippen LogP contribution is -2.50. The van der Waals surface area contributed by atoms with E-state index in [0.717, 1.165) is 51.1 Å². The Morgan fingerprint density at radius 1 is 1.35 bits per heavy atom. The molecule has 4 rings (SSSR count). The topological polar surface area (TPSA) is 96.6 Å². The fourth-order valence-corrected chi connectivity index (χ4v) is 4.55. The fraction of sp³-hybridized carbons (Fsp3) is 0.667. The molecular weight excluding hydrogens is 437 g/mol. The van der Waals surface area contributed by atoms with Crippen LogP contribution in [0, 0.1) is 5.41 Å². The summed E-state index contributed by atoms with van der Waals surface area (Å²) in [5.74, 6) is -2.76. The fourth-order valence-electron chi connectivity index (χ4n) is 3.96. The summed E-state index contributed by atoms with van der Waals surface area (Å²) in [6.45, 7) is 6.70. The summed E-state index contributed by atoms with van der Waals surface area (Å²) >= 11 is 1.62. The molecular formula is C18H25F3N6O3S. The molecule has 172 valence electrons. The predicted molar refractivity (Wildman–Crippen MR) is 107 cm³/mol. The highest BCUT2D eigenvalue weighted by molar-refractivity contribution is 7.13. The van der Waals surface area contributed by atoms with Crippen LogP contribution in [0.1, 0.15) is 18.4 Å². The van der Waals surface area contributed by atoms with Gasteiger partial charge in [-0.3, -0.25) is 9.58 Å². The standard InChI is InChI=1S/C16H24N6OS.C2HF3O2/c1-20-8-14(7-18-20)9-21-4-2-3-16(10-21)11-22(5-6-23-12-16)15-19-17-13-24-15;3-2(4,5)1(6)7/h7-8,13H,2-6,9-12H2,1H3;(H,6,7).